The molecule has 1 rings (SSSR count). The Bertz CT molecular complexity index is 396. The highest BCUT2D eigenvalue weighted by Crippen LogP contribution is 2.27. The second-order valence-electron chi connectivity index (χ2n) is 4.33. The Morgan fingerprint density at radius 2 is 2.00 bits per heavy atom. The average Bonchev–Trinajstić information content (AvgIpc) is 2.78. The molecule has 0 amide bonds. The second kappa shape index (κ2) is 9.15. The van der Waals surface area contributed by atoms with Gasteiger partial charge < -0.3 is 10.1 Å². The molecular formula is C13H21ClN2O2S. The Labute approximate surface area is 123 Å². The quantitative estimate of drug-likeness (QED) is 0.544. The number of carbonyl (C=O) groups excluding carboxylic acids is 1. The Morgan fingerprint density at radius 1 is 1.32 bits per heavy atom. The average molecular weight is 305 g/mol. The van der Waals surface area contributed by atoms with Gasteiger partial charge in [-0.15, -0.1) is 0 Å². The molecule has 0 aromatic carbocycles. The lowest BCUT2D eigenvalue weighted by Gasteiger charge is -2.02. The monoisotopic (exact) mass is 304 g/mol. The van der Waals surface area contributed by atoms with Crippen molar-refractivity contribution in [3.63, 3.8) is 0 Å². The number of nitrogens with zero attached hydrogens (tertiary/aromatic N) is 1. The van der Waals surface area contributed by atoms with E-state index in [0.29, 0.717) is 10.0 Å². The molecule has 1 aromatic rings. The van der Waals surface area contributed by atoms with Crippen LogP contribution in [0.3, 0.4) is 0 Å². The van der Waals surface area contributed by atoms with Crippen LogP contribution in [-0.4, -0.2) is 24.6 Å². The number of carbonyl (C=O) groups is 1. The van der Waals surface area contributed by atoms with Crippen LogP contribution in [-0.2, 0) is 4.74 Å². The Balaban J connectivity index is 2.25. The number of thiazole rings is 1. The molecule has 0 fully saturated rings. The number of halogens is 1. The molecule has 0 bridgehead atoms. The van der Waals surface area contributed by atoms with Crippen molar-refractivity contribution in [3.8, 4) is 0 Å². The fourth-order valence-corrected chi connectivity index (χ4v) is 2.82. The summed E-state index contributed by atoms with van der Waals surface area (Å²) in [6.45, 7) is 3.07. The zero-order valence-electron chi connectivity index (χ0n) is 11.5. The number of hydrogen-bond acceptors (Lipinski definition) is 5. The van der Waals surface area contributed by atoms with E-state index in [-0.39, 0.29) is 5.15 Å². The molecule has 0 aliphatic carbocycles. The minimum atomic E-state index is -0.435. The molecule has 0 aliphatic heterocycles. The third kappa shape index (κ3) is 5.78. The summed E-state index contributed by atoms with van der Waals surface area (Å²) in [5.74, 6) is -0.435. The van der Waals surface area contributed by atoms with E-state index in [4.69, 9.17) is 11.6 Å². The van der Waals surface area contributed by atoms with Gasteiger partial charge in [0.1, 0.15) is 0 Å². The number of ether oxygens (including phenoxy) is 1. The molecular weight excluding hydrogens is 284 g/mol. The van der Waals surface area contributed by atoms with Gasteiger partial charge in [-0.2, -0.15) is 0 Å². The van der Waals surface area contributed by atoms with E-state index in [1.54, 1.807) is 0 Å². The summed E-state index contributed by atoms with van der Waals surface area (Å²) in [5, 5.41) is 4.08. The summed E-state index contributed by atoms with van der Waals surface area (Å²) in [6, 6.07) is 0. The van der Waals surface area contributed by atoms with E-state index >= 15 is 0 Å². The number of rotatable bonds is 9. The van der Waals surface area contributed by atoms with Crippen LogP contribution < -0.4 is 5.32 Å². The highest BCUT2D eigenvalue weighted by molar-refractivity contribution is 7.18. The van der Waals surface area contributed by atoms with Gasteiger partial charge >= 0.3 is 5.97 Å². The minimum Gasteiger partial charge on any atom is -0.465 e. The molecule has 1 N–H and O–H groups in total. The molecule has 1 heterocycles. The molecule has 19 heavy (non-hydrogen) atoms. The number of nitrogens with one attached hydrogen (secondary N) is 1. The third-order valence-electron chi connectivity index (χ3n) is 2.76. The highest BCUT2D eigenvalue weighted by atomic mass is 35.5. The largest absolute Gasteiger partial charge is 0.465 e. The van der Waals surface area contributed by atoms with Gasteiger partial charge in [-0.1, -0.05) is 62.0 Å². The van der Waals surface area contributed by atoms with E-state index in [9.17, 15) is 4.79 Å². The van der Waals surface area contributed by atoms with Crippen molar-refractivity contribution in [2.24, 2.45) is 0 Å². The van der Waals surface area contributed by atoms with Gasteiger partial charge in [-0.05, 0) is 6.42 Å². The molecule has 0 spiro atoms. The highest BCUT2D eigenvalue weighted by Gasteiger charge is 2.16. The minimum absolute atomic E-state index is 0.210. The number of aromatic nitrogens is 1. The Hall–Kier alpha value is -0.810. The summed E-state index contributed by atoms with van der Waals surface area (Å²) < 4.78 is 4.63. The molecule has 0 radical (unpaired) electrons. The SMILES string of the molecule is CCCCCCCCNc1nc(Cl)c(C(=O)OC)s1. The molecule has 0 unspecified atom stereocenters. The number of unbranched alkanes of at least 4 members (excludes halogenated alkanes) is 5. The fourth-order valence-electron chi connectivity index (χ4n) is 1.70. The smallest absolute Gasteiger partial charge is 0.351 e. The summed E-state index contributed by atoms with van der Waals surface area (Å²) in [4.78, 5) is 15.8. The number of anilines is 1. The van der Waals surface area contributed by atoms with Crippen molar-refractivity contribution < 1.29 is 9.53 Å². The van der Waals surface area contributed by atoms with Gasteiger partial charge in [0, 0.05) is 6.54 Å². The van der Waals surface area contributed by atoms with Gasteiger partial charge in [0.25, 0.3) is 0 Å². The van der Waals surface area contributed by atoms with Gasteiger partial charge in [0.05, 0.1) is 7.11 Å². The van der Waals surface area contributed by atoms with Crippen molar-refractivity contribution in [1.29, 1.82) is 0 Å². The van der Waals surface area contributed by atoms with Crippen LogP contribution in [0.15, 0.2) is 0 Å². The van der Waals surface area contributed by atoms with Crippen LogP contribution in [0.4, 0.5) is 5.13 Å². The molecule has 0 saturated heterocycles. The summed E-state index contributed by atoms with van der Waals surface area (Å²) >= 11 is 7.11. The zero-order chi connectivity index (χ0) is 14.1. The van der Waals surface area contributed by atoms with E-state index in [1.807, 2.05) is 0 Å². The molecule has 0 atom stereocenters. The van der Waals surface area contributed by atoms with Crippen LogP contribution >= 0.6 is 22.9 Å². The molecule has 108 valence electrons. The van der Waals surface area contributed by atoms with Crippen molar-refractivity contribution in [2.75, 3.05) is 19.0 Å². The van der Waals surface area contributed by atoms with Gasteiger partial charge in [-0.25, -0.2) is 9.78 Å². The van der Waals surface area contributed by atoms with Crippen LogP contribution in [0.2, 0.25) is 5.15 Å². The molecule has 0 aliphatic rings. The predicted octanol–water partition coefficient (Wildman–Crippen LogP) is 4.36. The Morgan fingerprint density at radius 3 is 2.68 bits per heavy atom. The molecule has 1 aromatic heterocycles. The van der Waals surface area contributed by atoms with Crippen LogP contribution in [0.5, 0.6) is 0 Å². The first kappa shape index (κ1) is 16.2. The number of methoxy groups -OCH3 is 1. The van der Waals surface area contributed by atoms with E-state index < -0.39 is 5.97 Å². The topological polar surface area (TPSA) is 51.2 Å². The first-order valence-corrected chi connectivity index (χ1v) is 7.87. The Kier molecular flexibility index (Phi) is 7.82. The lowest BCUT2D eigenvalue weighted by molar-refractivity contribution is 0.0606. The maximum atomic E-state index is 11.4. The van der Waals surface area contributed by atoms with E-state index in [1.165, 1.54) is 50.6 Å². The van der Waals surface area contributed by atoms with E-state index in [0.717, 1.165) is 13.0 Å². The molecule has 4 nitrogen and oxygen atoms in total. The fraction of sp³-hybridized carbons (Fsp3) is 0.692. The molecule has 0 saturated carbocycles. The molecule has 6 heteroatoms. The van der Waals surface area contributed by atoms with E-state index in [2.05, 4.69) is 22.0 Å². The number of hydrogen-bond donors (Lipinski definition) is 1. The lowest BCUT2D eigenvalue weighted by atomic mass is 10.1. The van der Waals surface area contributed by atoms with Crippen molar-refractivity contribution >= 4 is 34.0 Å². The predicted molar refractivity (Wildman–Crippen MR) is 80.3 cm³/mol. The van der Waals surface area contributed by atoms with Crippen LogP contribution in [0, 0.1) is 0 Å². The van der Waals surface area contributed by atoms with Crippen molar-refractivity contribution in [3.05, 3.63) is 10.0 Å². The van der Waals surface area contributed by atoms with Crippen molar-refractivity contribution in [1.82, 2.24) is 4.98 Å². The second-order valence-corrected chi connectivity index (χ2v) is 5.68. The van der Waals surface area contributed by atoms with Crippen LogP contribution in [0.1, 0.15) is 55.1 Å². The van der Waals surface area contributed by atoms with Gasteiger partial charge in [0.15, 0.2) is 15.2 Å². The number of esters is 1. The maximum absolute atomic E-state index is 11.4. The first-order valence-electron chi connectivity index (χ1n) is 6.67. The summed E-state index contributed by atoms with van der Waals surface area (Å²) in [7, 11) is 1.34. The summed E-state index contributed by atoms with van der Waals surface area (Å²) in [6.07, 6.45) is 7.50. The zero-order valence-corrected chi connectivity index (χ0v) is 13.1. The van der Waals surface area contributed by atoms with Gasteiger partial charge in [-0.3, -0.25) is 0 Å². The first-order chi connectivity index (χ1) is 9.19. The maximum Gasteiger partial charge on any atom is 0.351 e. The van der Waals surface area contributed by atoms with Crippen molar-refractivity contribution in [2.45, 2.75) is 45.4 Å². The standard InChI is InChI=1S/C13H21ClN2O2S/c1-3-4-5-6-7-8-9-15-13-16-11(14)10(19-13)12(17)18-2/h3-9H2,1-2H3,(H,15,16). The normalized spacial score (nSPS) is 10.5. The summed E-state index contributed by atoms with van der Waals surface area (Å²) in [5.41, 5.74) is 0. The van der Waals surface area contributed by atoms with Gasteiger partial charge in [0.2, 0.25) is 0 Å². The third-order valence-corrected chi connectivity index (χ3v) is 4.14. The lowest BCUT2D eigenvalue weighted by Crippen LogP contribution is -2.00. The van der Waals surface area contributed by atoms with Crippen LogP contribution in [0.25, 0.3) is 0 Å².